The van der Waals surface area contributed by atoms with Gasteiger partial charge in [-0.25, -0.2) is 0 Å². The van der Waals surface area contributed by atoms with E-state index in [2.05, 4.69) is 24.0 Å². The number of rotatable bonds is 4. The van der Waals surface area contributed by atoms with Gasteiger partial charge in [0.1, 0.15) is 5.75 Å². The van der Waals surface area contributed by atoms with E-state index in [1.54, 1.807) is 7.11 Å². The Kier molecular flexibility index (Phi) is 4.86. The van der Waals surface area contributed by atoms with E-state index in [9.17, 15) is 4.79 Å². The minimum atomic E-state index is -0.357. The molecule has 2 N–H and O–H groups in total. The first kappa shape index (κ1) is 17.3. The van der Waals surface area contributed by atoms with Gasteiger partial charge >= 0.3 is 0 Å². The summed E-state index contributed by atoms with van der Waals surface area (Å²) in [6.45, 7) is 4.47. The minimum absolute atomic E-state index is 0.0748. The third-order valence-corrected chi connectivity index (χ3v) is 6.10. The molecular formula is C20H30N2O2. The fourth-order valence-corrected chi connectivity index (χ4v) is 4.36. The summed E-state index contributed by atoms with van der Waals surface area (Å²) in [5.41, 5.74) is 6.80. The molecule has 1 aliphatic heterocycles. The molecule has 132 valence electrons. The highest BCUT2D eigenvalue weighted by atomic mass is 16.5. The molecule has 2 fully saturated rings. The molecule has 1 aromatic carbocycles. The fraction of sp³-hybridized carbons (Fsp3) is 0.650. The van der Waals surface area contributed by atoms with Crippen molar-refractivity contribution in [2.75, 3.05) is 26.7 Å². The van der Waals surface area contributed by atoms with Crippen molar-refractivity contribution in [1.82, 2.24) is 4.90 Å². The number of nitrogens with two attached hydrogens (primary N) is 1. The summed E-state index contributed by atoms with van der Waals surface area (Å²) >= 11 is 0. The molecule has 1 heterocycles. The number of hydrogen-bond acceptors (Lipinski definition) is 3. The largest absolute Gasteiger partial charge is 0.497 e. The van der Waals surface area contributed by atoms with Crippen LogP contribution in [0.1, 0.15) is 51.0 Å². The van der Waals surface area contributed by atoms with Gasteiger partial charge in [-0.05, 0) is 48.9 Å². The van der Waals surface area contributed by atoms with Crippen LogP contribution in [0.3, 0.4) is 0 Å². The molecular weight excluding hydrogens is 300 g/mol. The molecule has 1 amide bonds. The summed E-state index contributed by atoms with van der Waals surface area (Å²) in [6, 6.07) is 8.13. The molecule has 0 spiro atoms. The predicted octanol–water partition coefficient (Wildman–Crippen LogP) is 3.09. The number of methoxy groups -OCH3 is 1. The number of amides is 1. The van der Waals surface area contributed by atoms with Crippen molar-refractivity contribution in [2.24, 2.45) is 11.1 Å². The van der Waals surface area contributed by atoms with Crippen molar-refractivity contribution in [2.45, 2.75) is 50.9 Å². The maximum absolute atomic E-state index is 13.5. The standard InChI is InChI=1S/C20H30N2O2/c1-19(14-21)12-13-22(15-19)18(23)20(10-4-3-5-11-20)16-6-8-17(24-2)9-7-16/h6-9H,3-5,10-15,21H2,1-2H3. The van der Waals surface area contributed by atoms with Gasteiger partial charge in [0, 0.05) is 13.1 Å². The van der Waals surface area contributed by atoms with E-state index in [1.807, 2.05) is 12.1 Å². The summed E-state index contributed by atoms with van der Waals surface area (Å²) in [6.07, 6.45) is 6.39. The van der Waals surface area contributed by atoms with E-state index in [0.717, 1.165) is 56.5 Å². The zero-order chi connectivity index (χ0) is 17.2. The lowest BCUT2D eigenvalue weighted by Crippen LogP contribution is -2.48. The molecule has 2 aliphatic rings. The monoisotopic (exact) mass is 330 g/mol. The maximum Gasteiger partial charge on any atom is 0.233 e. The average molecular weight is 330 g/mol. The van der Waals surface area contributed by atoms with E-state index in [1.165, 1.54) is 6.42 Å². The molecule has 24 heavy (non-hydrogen) atoms. The lowest BCUT2D eigenvalue weighted by Gasteiger charge is -2.39. The molecule has 4 nitrogen and oxygen atoms in total. The number of hydrogen-bond donors (Lipinski definition) is 1. The van der Waals surface area contributed by atoms with E-state index in [0.29, 0.717) is 12.5 Å². The number of likely N-dealkylation sites (tertiary alicyclic amines) is 1. The smallest absolute Gasteiger partial charge is 0.233 e. The van der Waals surface area contributed by atoms with Gasteiger partial charge in [-0.3, -0.25) is 4.79 Å². The molecule has 1 unspecified atom stereocenters. The van der Waals surface area contributed by atoms with Gasteiger partial charge in [0.05, 0.1) is 12.5 Å². The highest BCUT2D eigenvalue weighted by Crippen LogP contribution is 2.43. The Bertz CT molecular complexity index is 578. The predicted molar refractivity (Wildman–Crippen MR) is 96.1 cm³/mol. The van der Waals surface area contributed by atoms with Crippen molar-refractivity contribution in [1.29, 1.82) is 0 Å². The van der Waals surface area contributed by atoms with Gasteiger partial charge in [-0.15, -0.1) is 0 Å². The quantitative estimate of drug-likeness (QED) is 0.923. The summed E-state index contributed by atoms with van der Waals surface area (Å²) in [5.74, 6) is 1.15. The molecule has 1 saturated carbocycles. The van der Waals surface area contributed by atoms with Gasteiger partial charge in [-0.1, -0.05) is 38.3 Å². The highest BCUT2D eigenvalue weighted by Gasteiger charge is 2.46. The van der Waals surface area contributed by atoms with Crippen LogP contribution in [0, 0.1) is 5.41 Å². The van der Waals surface area contributed by atoms with Crippen LogP contribution in [0.4, 0.5) is 0 Å². The summed E-state index contributed by atoms with van der Waals surface area (Å²) < 4.78 is 5.28. The van der Waals surface area contributed by atoms with Crippen LogP contribution in [-0.2, 0) is 10.2 Å². The van der Waals surface area contributed by atoms with Gasteiger partial charge in [0.15, 0.2) is 0 Å². The zero-order valence-electron chi connectivity index (χ0n) is 15.0. The number of carbonyl (C=O) groups excluding carboxylic acids is 1. The third-order valence-electron chi connectivity index (χ3n) is 6.10. The van der Waals surface area contributed by atoms with Crippen LogP contribution < -0.4 is 10.5 Å². The highest BCUT2D eigenvalue weighted by molar-refractivity contribution is 5.88. The van der Waals surface area contributed by atoms with Gasteiger partial charge in [-0.2, -0.15) is 0 Å². The number of ether oxygens (including phenoxy) is 1. The van der Waals surface area contributed by atoms with Crippen molar-refractivity contribution in [3.05, 3.63) is 29.8 Å². The maximum atomic E-state index is 13.5. The topological polar surface area (TPSA) is 55.6 Å². The minimum Gasteiger partial charge on any atom is -0.497 e. The van der Waals surface area contributed by atoms with Gasteiger partial charge in [0.2, 0.25) is 5.91 Å². The van der Waals surface area contributed by atoms with E-state index in [-0.39, 0.29) is 10.8 Å². The second-order valence-electron chi connectivity index (χ2n) is 7.86. The van der Waals surface area contributed by atoms with Crippen LogP contribution >= 0.6 is 0 Å². The Morgan fingerprint density at radius 3 is 2.38 bits per heavy atom. The molecule has 1 saturated heterocycles. The molecule has 0 aromatic heterocycles. The second-order valence-corrected chi connectivity index (χ2v) is 7.86. The van der Waals surface area contributed by atoms with Crippen molar-refractivity contribution in [3.8, 4) is 5.75 Å². The number of nitrogens with zero attached hydrogens (tertiary/aromatic N) is 1. The van der Waals surface area contributed by atoms with Crippen molar-refractivity contribution >= 4 is 5.91 Å². The molecule has 1 aromatic rings. The fourth-order valence-electron chi connectivity index (χ4n) is 4.36. The second kappa shape index (κ2) is 6.75. The lowest BCUT2D eigenvalue weighted by molar-refractivity contribution is -0.138. The first-order valence-corrected chi connectivity index (χ1v) is 9.17. The Balaban J connectivity index is 1.89. The van der Waals surface area contributed by atoms with Gasteiger partial charge < -0.3 is 15.4 Å². The summed E-state index contributed by atoms with van der Waals surface area (Å²) in [7, 11) is 1.68. The van der Waals surface area contributed by atoms with E-state index >= 15 is 0 Å². The Labute approximate surface area is 145 Å². The van der Waals surface area contributed by atoms with Gasteiger partial charge in [0.25, 0.3) is 0 Å². The molecule has 1 aliphatic carbocycles. The van der Waals surface area contributed by atoms with Crippen LogP contribution in [-0.4, -0.2) is 37.6 Å². The van der Waals surface area contributed by atoms with E-state index in [4.69, 9.17) is 10.5 Å². The normalized spacial score (nSPS) is 26.4. The Hall–Kier alpha value is -1.55. The Morgan fingerprint density at radius 1 is 1.17 bits per heavy atom. The van der Waals surface area contributed by atoms with Crippen molar-refractivity contribution < 1.29 is 9.53 Å². The molecule has 3 rings (SSSR count). The van der Waals surface area contributed by atoms with Crippen LogP contribution in [0.2, 0.25) is 0 Å². The molecule has 1 atom stereocenters. The van der Waals surface area contributed by atoms with Crippen LogP contribution in [0.25, 0.3) is 0 Å². The first-order valence-electron chi connectivity index (χ1n) is 9.17. The summed E-state index contributed by atoms with van der Waals surface area (Å²) in [4.78, 5) is 15.6. The Morgan fingerprint density at radius 2 is 1.83 bits per heavy atom. The summed E-state index contributed by atoms with van der Waals surface area (Å²) in [5, 5.41) is 0. The third kappa shape index (κ3) is 3.04. The van der Waals surface area contributed by atoms with Crippen LogP contribution in [0.5, 0.6) is 5.75 Å². The van der Waals surface area contributed by atoms with Crippen LogP contribution in [0.15, 0.2) is 24.3 Å². The SMILES string of the molecule is COc1ccc(C2(C(=O)N3CCC(C)(CN)C3)CCCCC2)cc1. The molecule has 0 radical (unpaired) electrons. The van der Waals surface area contributed by atoms with E-state index < -0.39 is 0 Å². The first-order chi connectivity index (χ1) is 11.5. The van der Waals surface area contributed by atoms with Crippen molar-refractivity contribution in [3.63, 3.8) is 0 Å². The number of carbonyl (C=O) groups is 1. The zero-order valence-corrected chi connectivity index (χ0v) is 15.0. The average Bonchev–Trinajstić information content (AvgIpc) is 3.04. The lowest BCUT2D eigenvalue weighted by atomic mass is 9.68. The molecule has 0 bridgehead atoms. The number of benzene rings is 1. The molecule has 4 heteroatoms.